The Balaban J connectivity index is 1.88. The van der Waals surface area contributed by atoms with Gasteiger partial charge in [0.2, 0.25) is 5.91 Å². The fourth-order valence-corrected chi connectivity index (χ4v) is 3.00. The quantitative estimate of drug-likeness (QED) is 0.927. The number of carbonyl (C=O) groups is 2. The van der Waals surface area contributed by atoms with Crippen LogP contribution in [-0.2, 0) is 11.2 Å². The number of aromatic nitrogens is 2. The Bertz CT molecular complexity index is 749. The highest BCUT2D eigenvalue weighted by molar-refractivity contribution is 6.30. The van der Waals surface area contributed by atoms with Crippen LogP contribution in [0.4, 0.5) is 0 Å². The van der Waals surface area contributed by atoms with Crippen LogP contribution in [0, 0.1) is 5.92 Å². The highest BCUT2D eigenvalue weighted by Gasteiger charge is 2.34. The van der Waals surface area contributed by atoms with Crippen molar-refractivity contribution in [3.63, 3.8) is 0 Å². The van der Waals surface area contributed by atoms with Crippen molar-refractivity contribution < 1.29 is 9.59 Å². The van der Waals surface area contributed by atoms with Gasteiger partial charge in [0.05, 0.1) is 10.7 Å². The molecule has 0 aromatic carbocycles. The molecule has 0 aliphatic carbocycles. The number of hydrogen-bond donors (Lipinski definition) is 1. The number of carbonyl (C=O) groups excluding carboxylic acids is 2. The molecule has 0 radical (unpaired) electrons. The third kappa shape index (κ3) is 2.54. The van der Waals surface area contributed by atoms with Crippen molar-refractivity contribution >= 4 is 29.1 Å². The second kappa shape index (κ2) is 5.61. The van der Waals surface area contributed by atoms with Crippen molar-refractivity contribution in [2.24, 2.45) is 11.7 Å². The van der Waals surface area contributed by atoms with E-state index in [0.717, 1.165) is 5.69 Å². The monoisotopic (exact) mass is 320 g/mol. The Morgan fingerprint density at radius 1 is 1.41 bits per heavy atom. The van der Waals surface area contributed by atoms with E-state index in [9.17, 15) is 9.59 Å². The first-order valence-corrected chi connectivity index (χ1v) is 7.61. The predicted octanol–water partition coefficient (Wildman–Crippen LogP) is 1.50. The van der Waals surface area contributed by atoms with Crippen molar-refractivity contribution in [3.8, 4) is 0 Å². The van der Waals surface area contributed by atoms with E-state index in [-0.39, 0.29) is 17.7 Å². The third-order valence-corrected chi connectivity index (χ3v) is 4.15. The molecule has 1 fully saturated rings. The Morgan fingerprint density at radius 2 is 2.14 bits per heavy atom. The topological polar surface area (TPSA) is 80.7 Å². The van der Waals surface area contributed by atoms with Crippen LogP contribution in [0.2, 0.25) is 5.02 Å². The highest BCUT2D eigenvalue weighted by Crippen LogP contribution is 2.24. The van der Waals surface area contributed by atoms with Crippen LogP contribution in [0.3, 0.4) is 0 Å². The highest BCUT2D eigenvalue weighted by atomic mass is 35.5. The summed E-state index contributed by atoms with van der Waals surface area (Å²) in [4.78, 5) is 29.8. The van der Waals surface area contributed by atoms with E-state index in [0.29, 0.717) is 42.3 Å². The first kappa shape index (κ1) is 14.8. The molecule has 0 saturated carbocycles. The molecular weight excluding hydrogens is 304 g/mol. The first-order valence-electron chi connectivity index (χ1n) is 7.23. The molecule has 3 rings (SSSR count). The van der Waals surface area contributed by atoms with Gasteiger partial charge in [-0.15, -0.1) is 0 Å². The standard InChI is InChI=1S/C15H17ClN4O2/c1-2-11-14(20-8-10(16)3-4-13(20)18-11)15(22)19-6-9(7-19)5-12(17)21/h3-4,8-9H,2,5-7H2,1H3,(H2,17,21). The normalized spacial score (nSPS) is 15.1. The van der Waals surface area contributed by atoms with Crippen LogP contribution >= 0.6 is 11.6 Å². The number of rotatable bonds is 4. The van der Waals surface area contributed by atoms with Crippen LogP contribution in [0.1, 0.15) is 29.5 Å². The molecule has 1 aliphatic heterocycles. The summed E-state index contributed by atoms with van der Waals surface area (Å²) in [7, 11) is 0. The van der Waals surface area contributed by atoms with Crippen LogP contribution in [0.5, 0.6) is 0 Å². The smallest absolute Gasteiger partial charge is 0.272 e. The number of amides is 2. The van der Waals surface area contributed by atoms with Gasteiger partial charge in [-0.1, -0.05) is 18.5 Å². The molecule has 116 valence electrons. The Morgan fingerprint density at radius 3 is 2.77 bits per heavy atom. The maximum atomic E-state index is 12.7. The summed E-state index contributed by atoms with van der Waals surface area (Å²) >= 11 is 6.03. The van der Waals surface area contributed by atoms with Gasteiger partial charge in [-0.05, 0) is 18.6 Å². The van der Waals surface area contributed by atoms with Gasteiger partial charge >= 0.3 is 0 Å². The van der Waals surface area contributed by atoms with Crippen molar-refractivity contribution in [2.45, 2.75) is 19.8 Å². The van der Waals surface area contributed by atoms with E-state index in [4.69, 9.17) is 17.3 Å². The second-order valence-electron chi connectivity index (χ2n) is 5.58. The fourth-order valence-electron chi connectivity index (χ4n) is 2.84. The summed E-state index contributed by atoms with van der Waals surface area (Å²) in [5.41, 5.74) is 7.20. The van der Waals surface area contributed by atoms with Gasteiger partial charge in [-0.2, -0.15) is 0 Å². The Kier molecular flexibility index (Phi) is 3.78. The van der Waals surface area contributed by atoms with E-state index >= 15 is 0 Å². The van der Waals surface area contributed by atoms with Crippen molar-refractivity contribution in [1.82, 2.24) is 14.3 Å². The number of nitrogens with two attached hydrogens (primary N) is 1. The third-order valence-electron chi connectivity index (χ3n) is 3.93. The SMILES string of the molecule is CCc1nc2ccc(Cl)cn2c1C(=O)N1CC(CC(N)=O)C1. The number of hydrogen-bond acceptors (Lipinski definition) is 3. The minimum Gasteiger partial charge on any atom is -0.370 e. The average Bonchev–Trinajstić information content (AvgIpc) is 2.79. The number of pyridine rings is 1. The lowest BCUT2D eigenvalue weighted by Crippen LogP contribution is -2.51. The van der Waals surface area contributed by atoms with Crippen LogP contribution < -0.4 is 5.73 Å². The minimum atomic E-state index is -0.326. The summed E-state index contributed by atoms with van der Waals surface area (Å²) in [5.74, 6) is -0.241. The molecule has 0 bridgehead atoms. The van der Waals surface area contributed by atoms with E-state index in [1.165, 1.54) is 0 Å². The molecule has 1 saturated heterocycles. The summed E-state index contributed by atoms with van der Waals surface area (Å²) in [6.07, 6.45) is 2.69. The number of halogens is 1. The van der Waals surface area contributed by atoms with Crippen LogP contribution in [0.25, 0.3) is 5.65 Å². The fraction of sp³-hybridized carbons (Fsp3) is 0.400. The van der Waals surface area contributed by atoms with Crippen molar-refractivity contribution in [1.29, 1.82) is 0 Å². The minimum absolute atomic E-state index is 0.0765. The Hall–Kier alpha value is -2.08. The lowest BCUT2D eigenvalue weighted by atomic mass is 9.95. The van der Waals surface area contributed by atoms with Crippen LogP contribution in [0.15, 0.2) is 18.3 Å². The molecular formula is C15H17ClN4O2. The largest absolute Gasteiger partial charge is 0.370 e. The van der Waals surface area contributed by atoms with Gasteiger partial charge in [0.15, 0.2) is 0 Å². The number of nitrogens with zero attached hydrogens (tertiary/aromatic N) is 3. The lowest BCUT2D eigenvalue weighted by Gasteiger charge is -2.38. The number of likely N-dealkylation sites (tertiary alicyclic amines) is 1. The van der Waals surface area contributed by atoms with E-state index in [1.54, 1.807) is 27.6 Å². The van der Waals surface area contributed by atoms with Gasteiger partial charge in [-0.25, -0.2) is 4.98 Å². The Labute approximate surface area is 132 Å². The van der Waals surface area contributed by atoms with E-state index < -0.39 is 0 Å². The van der Waals surface area contributed by atoms with E-state index in [2.05, 4.69) is 4.98 Å². The van der Waals surface area contributed by atoms with Crippen LogP contribution in [-0.4, -0.2) is 39.2 Å². The molecule has 2 amide bonds. The van der Waals surface area contributed by atoms with Gasteiger partial charge in [0.25, 0.3) is 5.91 Å². The van der Waals surface area contributed by atoms with Gasteiger partial charge in [0.1, 0.15) is 11.3 Å². The zero-order valence-corrected chi connectivity index (χ0v) is 13.0. The second-order valence-corrected chi connectivity index (χ2v) is 6.02. The van der Waals surface area contributed by atoms with Crippen molar-refractivity contribution in [3.05, 3.63) is 34.7 Å². The molecule has 2 aromatic rings. The average molecular weight is 321 g/mol. The molecule has 0 unspecified atom stereocenters. The first-order chi connectivity index (χ1) is 10.5. The maximum Gasteiger partial charge on any atom is 0.272 e. The molecule has 0 atom stereocenters. The number of primary amides is 1. The molecule has 0 spiro atoms. The predicted molar refractivity (Wildman–Crippen MR) is 82.8 cm³/mol. The number of imidazole rings is 1. The van der Waals surface area contributed by atoms with E-state index in [1.807, 2.05) is 6.92 Å². The molecule has 1 aliphatic rings. The molecule has 7 heteroatoms. The molecule has 22 heavy (non-hydrogen) atoms. The van der Waals surface area contributed by atoms with Gasteiger partial charge in [0, 0.05) is 31.6 Å². The van der Waals surface area contributed by atoms with Gasteiger partial charge in [-0.3, -0.25) is 14.0 Å². The molecule has 2 N–H and O–H groups in total. The molecule has 2 aromatic heterocycles. The number of fused-ring (bicyclic) bond motifs is 1. The zero-order chi connectivity index (χ0) is 15.9. The summed E-state index contributed by atoms with van der Waals surface area (Å²) in [5, 5.41) is 0.553. The molecule has 6 nitrogen and oxygen atoms in total. The summed E-state index contributed by atoms with van der Waals surface area (Å²) in [6.45, 7) is 3.07. The number of aryl methyl sites for hydroxylation is 1. The summed E-state index contributed by atoms with van der Waals surface area (Å²) < 4.78 is 1.74. The summed E-state index contributed by atoms with van der Waals surface area (Å²) in [6, 6.07) is 3.55. The maximum absolute atomic E-state index is 12.7. The zero-order valence-electron chi connectivity index (χ0n) is 12.3. The van der Waals surface area contributed by atoms with Crippen molar-refractivity contribution in [2.75, 3.05) is 13.1 Å². The molecule has 3 heterocycles. The van der Waals surface area contributed by atoms with Gasteiger partial charge < -0.3 is 10.6 Å². The lowest BCUT2D eigenvalue weighted by molar-refractivity contribution is -0.119.